The van der Waals surface area contributed by atoms with Crippen molar-refractivity contribution in [1.82, 2.24) is 15.1 Å². The molecular formula is C23H25FN4O. The fourth-order valence-corrected chi connectivity index (χ4v) is 5.38. The second-order valence-electron chi connectivity index (χ2n) is 8.95. The lowest BCUT2D eigenvalue weighted by Gasteiger charge is -2.35. The maximum atomic E-state index is 13.6. The molecule has 1 aromatic heterocycles. The first-order valence-corrected chi connectivity index (χ1v) is 10.2. The highest BCUT2D eigenvalue weighted by atomic mass is 19.1. The Hall–Kier alpha value is -2.89. The van der Waals surface area contributed by atoms with E-state index in [0.717, 1.165) is 48.9 Å². The largest absolute Gasteiger partial charge is 0.364 e. The van der Waals surface area contributed by atoms with E-state index < -0.39 is 0 Å². The predicted octanol–water partition coefficient (Wildman–Crippen LogP) is 4.37. The number of fused-ring (bicyclic) bond motifs is 1. The first kappa shape index (κ1) is 18.2. The molecule has 0 bridgehead atoms. The number of para-hydroxylation sites is 1. The number of benzene rings is 2. The van der Waals surface area contributed by atoms with Crippen LogP contribution in [0.2, 0.25) is 0 Å². The molecule has 1 atom stereocenters. The van der Waals surface area contributed by atoms with Gasteiger partial charge in [-0.1, -0.05) is 18.2 Å². The summed E-state index contributed by atoms with van der Waals surface area (Å²) >= 11 is 0. The van der Waals surface area contributed by atoms with Crippen molar-refractivity contribution in [2.45, 2.75) is 44.2 Å². The predicted molar refractivity (Wildman–Crippen MR) is 112 cm³/mol. The lowest BCUT2D eigenvalue weighted by molar-refractivity contribution is 0.0613. The van der Waals surface area contributed by atoms with Crippen LogP contribution in [-0.4, -0.2) is 45.2 Å². The Kier molecular flexibility index (Phi) is 3.95. The quantitative estimate of drug-likeness (QED) is 0.705. The summed E-state index contributed by atoms with van der Waals surface area (Å²) in [5, 5.41) is 8.20. The number of aromatic nitrogens is 2. The number of anilines is 1. The van der Waals surface area contributed by atoms with Gasteiger partial charge in [0.25, 0.3) is 5.91 Å². The van der Waals surface area contributed by atoms with Crippen molar-refractivity contribution in [3.63, 3.8) is 0 Å². The molecule has 2 saturated heterocycles. The average Bonchev–Trinajstić information content (AvgIpc) is 3.37. The van der Waals surface area contributed by atoms with Gasteiger partial charge in [-0.05, 0) is 63.4 Å². The fourth-order valence-electron chi connectivity index (χ4n) is 5.38. The Morgan fingerprint density at radius 3 is 2.69 bits per heavy atom. The third-order valence-electron chi connectivity index (χ3n) is 6.60. The first-order valence-electron chi connectivity index (χ1n) is 10.2. The standard InChI is InChI=1S/C23H25FN4O/c1-22(2)14-23(15-28(22)17-10-8-16(24)9-11-17)12-5-13-27(23)21(29)20-18-6-3-4-7-19(18)25-26-20/h3-4,6-11H,5,12-15H2,1-2H3,(H,25,26). The molecular weight excluding hydrogens is 367 g/mol. The van der Waals surface area contributed by atoms with Crippen LogP contribution in [-0.2, 0) is 0 Å². The van der Waals surface area contributed by atoms with Crippen LogP contribution >= 0.6 is 0 Å². The second kappa shape index (κ2) is 6.31. The number of rotatable bonds is 2. The van der Waals surface area contributed by atoms with Gasteiger partial charge in [0.1, 0.15) is 5.82 Å². The molecule has 5 nitrogen and oxygen atoms in total. The molecule has 6 heteroatoms. The fraction of sp³-hybridized carbons (Fsp3) is 0.391. The molecule has 3 aromatic rings. The third-order valence-corrected chi connectivity index (χ3v) is 6.60. The first-order chi connectivity index (χ1) is 13.9. The zero-order valence-electron chi connectivity index (χ0n) is 16.8. The molecule has 1 spiro atoms. The molecule has 150 valence electrons. The normalized spacial score (nSPS) is 23.4. The minimum Gasteiger partial charge on any atom is -0.364 e. The average molecular weight is 392 g/mol. The van der Waals surface area contributed by atoms with E-state index in [1.807, 2.05) is 41.3 Å². The number of carbonyl (C=O) groups excluding carboxylic acids is 1. The summed E-state index contributed by atoms with van der Waals surface area (Å²) in [5.74, 6) is -0.236. The number of hydrogen-bond donors (Lipinski definition) is 1. The number of nitrogens with one attached hydrogen (secondary N) is 1. The minimum absolute atomic E-state index is 0.00305. The van der Waals surface area contributed by atoms with E-state index in [1.54, 1.807) is 0 Å². The van der Waals surface area contributed by atoms with Crippen molar-refractivity contribution in [3.8, 4) is 0 Å². The van der Waals surface area contributed by atoms with Gasteiger partial charge >= 0.3 is 0 Å². The Bertz CT molecular complexity index is 1070. The van der Waals surface area contributed by atoms with Crippen LogP contribution in [0.1, 0.15) is 43.6 Å². The van der Waals surface area contributed by atoms with Gasteiger partial charge in [-0.2, -0.15) is 5.10 Å². The molecule has 5 rings (SSSR count). The van der Waals surface area contributed by atoms with Gasteiger partial charge in [-0.25, -0.2) is 4.39 Å². The highest BCUT2D eigenvalue weighted by molar-refractivity contribution is 6.05. The summed E-state index contributed by atoms with van der Waals surface area (Å²) in [7, 11) is 0. The Labute approximate surface area is 169 Å². The SMILES string of the molecule is CC1(C)CC2(CCCN2C(=O)c2n[nH]c3ccccc23)CN1c1ccc(F)cc1. The highest BCUT2D eigenvalue weighted by Gasteiger charge is 2.55. The van der Waals surface area contributed by atoms with Crippen molar-refractivity contribution < 1.29 is 9.18 Å². The van der Waals surface area contributed by atoms with Gasteiger partial charge in [-0.15, -0.1) is 0 Å². The van der Waals surface area contributed by atoms with E-state index in [2.05, 4.69) is 28.9 Å². The van der Waals surface area contributed by atoms with Gasteiger partial charge in [0, 0.05) is 29.7 Å². The van der Waals surface area contributed by atoms with E-state index >= 15 is 0 Å². The van der Waals surface area contributed by atoms with Crippen molar-refractivity contribution in [3.05, 3.63) is 60.0 Å². The topological polar surface area (TPSA) is 52.2 Å². The van der Waals surface area contributed by atoms with E-state index in [9.17, 15) is 9.18 Å². The molecule has 2 aliphatic rings. The maximum Gasteiger partial charge on any atom is 0.275 e. The van der Waals surface area contributed by atoms with Crippen molar-refractivity contribution in [2.75, 3.05) is 18.0 Å². The molecule has 2 fully saturated rings. The molecule has 1 amide bonds. The Morgan fingerprint density at radius 2 is 1.90 bits per heavy atom. The molecule has 1 N–H and O–H groups in total. The van der Waals surface area contributed by atoms with Crippen LogP contribution in [0.4, 0.5) is 10.1 Å². The summed E-state index contributed by atoms with van der Waals surface area (Å²) in [5.41, 5.74) is 2.02. The summed E-state index contributed by atoms with van der Waals surface area (Å²) in [6.45, 7) is 5.90. The van der Waals surface area contributed by atoms with Crippen LogP contribution in [0.5, 0.6) is 0 Å². The molecule has 29 heavy (non-hydrogen) atoms. The molecule has 1 unspecified atom stereocenters. The molecule has 0 aliphatic carbocycles. The number of halogens is 1. The Morgan fingerprint density at radius 1 is 1.14 bits per heavy atom. The number of hydrogen-bond acceptors (Lipinski definition) is 3. The third kappa shape index (κ3) is 2.81. The maximum absolute atomic E-state index is 13.6. The van der Waals surface area contributed by atoms with Crippen LogP contribution in [0.25, 0.3) is 10.9 Å². The summed E-state index contributed by atoms with van der Waals surface area (Å²) in [6, 6.07) is 14.4. The van der Waals surface area contributed by atoms with Crippen molar-refractivity contribution >= 4 is 22.5 Å². The van der Waals surface area contributed by atoms with Gasteiger partial charge in [-0.3, -0.25) is 9.89 Å². The minimum atomic E-state index is -0.233. The number of amides is 1. The number of carbonyl (C=O) groups is 1. The van der Waals surface area contributed by atoms with E-state index in [4.69, 9.17) is 0 Å². The number of nitrogens with zero attached hydrogens (tertiary/aromatic N) is 3. The van der Waals surface area contributed by atoms with E-state index in [-0.39, 0.29) is 22.8 Å². The molecule has 0 saturated carbocycles. The van der Waals surface area contributed by atoms with Crippen LogP contribution in [0.3, 0.4) is 0 Å². The van der Waals surface area contributed by atoms with E-state index in [1.165, 1.54) is 12.1 Å². The summed E-state index contributed by atoms with van der Waals surface area (Å²) < 4.78 is 13.4. The van der Waals surface area contributed by atoms with Crippen LogP contribution in [0.15, 0.2) is 48.5 Å². The summed E-state index contributed by atoms with van der Waals surface area (Å²) in [4.78, 5) is 17.9. The van der Waals surface area contributed by atoms with Gasteiger partial charge < -0.3 is 9.80 Å². The van der Waals surface area contributed by atoms with Crippen molar-refractivity contribution in [1.29, 1.82) is 0 Å². The van der Waals surface area contributed by atoms with Crippen LogP contribution in [0, 0.1) is 5.82 Å². The van der Waals surface area contributed by atoms with Gasteiger partial charge in [0.05, 0.1) is 11.1 Å². The second-order valence-corrected chi connectivity index (χ2v) is 8.95. The molecule has 2 aromatic carbocycles. The lowest BCUT2D eigenvalue weighted by atomic mass is 9.87. The summed E-state index contributed by atoms with van der Waals surface area (Å²) in [6.07, 6.45) is 2.84. The van der Waals surface area contributed by atoms with Crippen molar-refractivity contribution in [2.24, 2.45) is 0 Å². The van der Waals surface area contributed by atoms with Crippen LogP contribution < -0.4 is 4.90 Å². The lowest BCUT2D eigenvalue weighted by Crippen LogP contribution is -2.49. The number of aromatic amines is 1. The Balaban J connectivity index is 1.50. The number of likely N-dealkylation sites (tertiary alicyclic amines) is 1. The highest BCUT2D eigenvalue weighted by Crippen LogP contribution is 2.47. The zero-order valence-corrected chi connectivity index (χ0v) is 16.8. The van der Waals surface area contributed by atoms with Gasteiger partial charge in [0.15, 0.2) is 5.69 Å². The molecule has 3 heterocycles. The monoisotopic (exact) mass is 392 g/mol. The van der Waals surface area contributed by atoms with E-state index in [0.29, 0.717) is 5.69 Å². The smallest absolute Gasteiger partial charge is 0.275 e. The zero-order chi connectivity index (χ0) is 20.2. The molecule has 0 radical (unpaired) electrons. The number of H-pyrrole nitrogens is 1. The van der Waals surface area contributed by atoms with Gasteiger partial charge in [0.2, 0.25) is 0 Å². The molecule has 2 aliphatic heterocycles.